The first-order valence-electron chi connectivity index (χ1n) is 15.9. The van der Waals surface area contributed by atoms with Gasteiger partial charge in [0.05, 0.1) is 0 Å². The summed E-state index contributed by atoms with van der Waals surface area (Å²) in [6.07, 6.45) is 12.4. The van der Waals surface area contributed by atoms with E-state index in [1.165, 1.54) is 49.7 Å². The van der Waals surface area contributed by atoms with Crippen molar-refractivity contribution in [3.8, 4) is 0 Å². The Morgan fingerprint density at radius 2 is 0.891 bits per heavy atom. The molecule has 0 aliphatic heterocycles. The molecule has 0 unspecified atom stereocenters. The van der Waals surface area contributed by atoms with E-state index in [4.69, 9.17) is 31.9 Å². The first-order chi connectivity index (χ1) is 20.9. The summed E-state index contributed by atoms with van der Waals surface area (Å²) in [5.74, 6) is -4.81. The number of aliphatic carboxylic acids is 4. The number of carboxylic acids is 4. The molecule has 4 fully saturated rings. The molecule has 4 saturated carbocycles. The Labute approximate surface area is 299 Å². The summed E-state index contributed by atoms with van der Waals surface area (Å²) >= 11 is 0. The molecule has 266 valence electrons. The number of carbonyl (C=O) groups is 4. The van der Waals surface area contributed by atoms with Crippen molar-refractivity contribution in [1.29, 1.82) is 0 Å². The van der Waals surface area contributed by atoms with Gasteiger partial charge in [-0.2, -0.15) is 0 Å². The summed E-state index contributed by atoms with van der Waals surface area (Å²) in [6, 6.07) is 10.3. The van der Waals surface area contributed by atoms with Crippen LogP contribution in [0.25, 0.3) is 0 Å². The van der Waals surface area contributed by atoms with Gasteiger partial charge in [0.25, 0.3) is 0 Å². The zero-order valence-electron chi connectivity index (χ0n) is 26.1. The monoisotopic (exact) mass is 1010 g/mol. The van der Waals surface area contributed by atoms with E-state index in [0.717, 1.165) is 25.9 Å². The van der Waals surface area contributed by atoms with Gasteiger partial charge in [-0.3, -0.25) is 19.2 Å². The Kier molecular flexibility index (Phi) is 18.4. The number of nitrogens with two attached hydrogens (primary N) is 2. The molecule has 0 amide bonds. The summed E-state index contributed by atoms with van der Waals surface area (Å²) in [5, 5.41) is 41.3. The van der Waals surface area contributed by atoms with Crippen LogP contribution in [0.5, 0.6) is 0 Å². The fourth-order valence-corrected chi connectivity index (χ4v) is 6.31. The van der Waals surface area contributed by atoms with Crippen molar-refractivity contribution in [3.63, 3.8) is 0 Å². The molecule has 14 heteroatoms. The second-order valence-corrected chi connectivity index (χ2v) is 12.7. The molecule has 0 heterocycles. The Morgan fingerprint density at radius 1 is 0.587 bits per heavy atom. The van der Waals surface area contributed by atoms with Crippen molar-refractivity contribution in [3.05, 3.63) is 35.4 Å². The van der Waals surface area contributed by atoms with Gasteiger partial charge >= 0.3 is 23.9 Å². The maximum atomic E-state index is 10.4. The minimum atomic E-state index is -1.44. The van der Waals surface area contributed by atoms with E-state index in [1.54, 1.807) is 0 Å². The van der Waals surface area contributed by atoms with E-state index in [0.29, 0.717) is 37.0 Å². The SMILES string of the molecule is N[C@@H]1CCCC[C@H]1NCc1ccccc1CN[C@@H]1CCCC[C@H]1N.O=C(O)C1(C(=O)O)CCC1.O=C(O)C1(C(=O)O)CCC1.[Pt].[Pt]. The third-order valence-corrected chi connectivity index (χ3v) is 9.92. The molecular formula is C32H50N4O8Pt2. The largest absolute Gasteiger partial charge is 0.480 e. The average molecular weight is 1010 g/mol. The number of nitrogens with one attached hydrogen (secondary N) is 2. The molecule has 12 nitrogen and oxygen atoms in total. The molecule has 0 aromatic heterocycles. The van der Waals surface area contributed by atoms with Gasteiger partial charge in [0.15, 0.2) is 10.8 Å². The van der Waals surface area contributed by atoms with Crippen molar-refractivity contribution in [1.82, 2.24) is 10.6 Å². The molecule has 46 heavy (non-hydrogen) atoms. The molecular weight excluding hydrogens is 959 g/mol. The van der Waals surface area contributed by atoms with Gasteiger partial charge in [-0.25, -0.2) is 0 Å². The van der Waals surface area contributed by atoms with E-state index in [1.807, 2.05) is 0 Å². The van der Waals surface area contributed by atoms with Gasteiger partial charge in [0.2, 0.25) is 0 Å². The number of benzene rings is 1. The summed E-state index contributed by atoms with van der Waals surface area (Å²) in [7, 11) is 0. The van der Waals surface area contributed by atoms with Crippen LogP contribution in [-0.4, -0.2) is 68.5 Å². The molecule has 1 aromatic rings. The van der Waals surface area contributed by atoms with Crippen LogP contribution in [0.1, 0.15) is 101 Å². The molecule has 5 rings (SSSR count). The van der Waals surface area contributed by atoms with Gasteiger partial charge in [-0.05, 0) is 75.3 Å². The number of hydrogen-bond acceptors (Lipinski definition) is 8. The van der Waals surface area contributed by atoms with Crippen molar-refractivity contribution in [2.45, 2.75) is 127 Å². The Hall–Kier alpha value is -1.68. The minimum absolute atomic E-state index is 0. The quantitative estimate of drug-likeness (QED) is 0.159. The Balaban J connectivity index is 0.000000400. The fourth-order valence-electron chi connectivity index (χ4n) is 6.31. The standard InChI is InChI=1S/C20H34N4.2C6H8O4.2Pt/c21-17-9-3-5-11-19(17)23-13-15-7-1-2-8-16(15)14-24-20-12-6-4-10-18(20)22;2*7-4(8)6(5(9)10)2-1-3-6;;/h1-2,7-8,17-20,23-24H,3-6,9-14,21-22H2;2*1-3H2,(H,7,8)(H,9,10);;/t17-,18-,19-,20-;;;;/m1..../s1. The summed E-state index contributed by atoms with van der Waals surface area (Å²) in [4.78, 5) is 41.5. The van der Waals surface area contributed by atoms with Crippen LogP contribution in [0.3, 0.4) is 0 Å². The predicted molar refractivity (Wildman–Crippen MR) is 164 cm³/mol. The Morgan fingerprint density at radius 3 is 1.11 bits per heavy atom. The number of hydrogen-bond donors (Lipinski definition) is 8. The van der Waals surface area contributed by atoms with Crippen molar-refractivity contribution < 1.29 is 81.7 Å². The van der Waals surface area contributed by atoms with Gasteiger partial charge < -0.3 is 42.5 Å². The summed E-state index contributed by atoms with van der Waals surface area (Å²) in [5.41, 5.74) is 12.4. The molecule has 10 N–H and O–H groups in total. The molecule has 0 saturated heterocycles. The number of carboxylic acid groups (broad SMARTS) is 4. The zero-order chi connectivity index (χ0) is 32.3. The van der Waals surface area contributed by atoms with E-state index in [-0.39, 0.29) is 67.8 Å². The van der Waals surface area contributed by atoms with Crippen molar-refractivity contribution in [2.75, 3.05) is 0 Å². The molecule has 1 aromatic carbocycles. The average Bonchev–Trinajstić information content (AvgIpc) is 2.91. The first-order valence-corrected chi connectivity index (χ1v) is 15.9. The van der Waals surface area contributed by atoms with Crippen LogP contribution in [0.2, 0.25) is 0 Å². The van der Waals surface area contributed by atoms with Crippen molar-refractivity contribution >= 4 is 23.9 Å². The van der Waals surface area contributed by atoms with Crippen LogP contribution in [-0.2, 0) is 74.4 Å². The van der Waals surface area contributed by atoms with Crippen LogP contribution in [0.4, 0.5) is 0 Å². The zero-order valence-corrected chi connectivity index (χ0v) is 30.7. The molecule has 0 bridgehead atoms. The van der Waals surface area contributed by atoms with Crippen molar-refractivity contribution in [2.24, 2.45) is 22.3 Å². The fraction of sp³-hybridized carbons (Fsp3) is 0.688. The van der Waals surface area contributed by atoms with Gasteiger partial charge in [0.1, 0.15) is 0 Å². The second-order valence-electron chi connectivity index (χ2n) is 12.7. The van der Waals surface area contributed by atoms with Crippen LogP contribution < -0.4 is 22.1 Å². The third kappa shape index (κ3) is 10.9. The van der Waals surface area contributed by atoms with E-state index >= 15 is 0 Å². The van der Waals surface area contributed by atoms with Crippen LogP contribution in [0, 0.1) is 10.8 Å². The van der Waals surface area contributed by atoms with Gasteiger partial charge in [-0.15, -0.1) is 0 Å². The predicted octanol–water partition coefficient (Wildman–Crippen LogP) is 3.05. The number of rotatable bonds is 10. The molecule has 4 atom stereocenters. The second kappa shape index (κ2) is 20.0. The van der Waals surface area contributed by atoms with E-state index in [2.05, 4.69) is 34.9 Å². The normalized spacial score (nSPS) is 25.4. The molecule has 0 spiro atoms. The molecule has 0 radical (unpaired) electrons. The topological polar surface area (TPSA) is 225 Å². The molecule has 4 aliphatic rings. The minimum Gasteiger partial charge on any atom is -0.480 e. The van der Waals surface area contributed by atoms with E-state index < -0.39 is 34.7 Å². The molecule has 4 aliphatic carbocycles. The third-order valence-electron chi connectivity index (χ3n) is 9.92. The maximum absolute atomic E-state index is 10.4. The Bertz CT molecular complexity index is 1030. The summed E-state index contributed by atoms with van der Waals surface area (Å²) in [6.45, 7) is 1.82. The van der Waals surface area contributed by atoms with Gasteiger partial charge in [0, 0.05) is 79.4 Å². The van der Waals surface area contributed by atoms with Crippen LogP contribution >= 0.6 is 0 Å². The smallest absolute Gasteiger partial charge is 0.321 e. The summed E-state index contributed by atoms with van der Waals surface area (Å²) < 4.78 is 0. The maximum Gasteiger partial charge on any atom is 0.321 e. The van der Waals surface area contributed by atoms with Gasteiger partial charge in [-0.1, -0.05) is 49.9 Å². The van der Waals surface area contributed by atoms with Crippen LogP contribution in [0.15, 0.2) is 24.3 Å². The van der Waals surface area contributed by atoms with E-state index in [9.17, 15) is 19.2 Å². The first kappa shape index (κ1) is 42.3.